The Kier molecular flexibility index (Phi) is 15.1. The minimum atomic E-state index is 0. The molecular weight excluding hydrogens is 384 g/mol. The number of fused-ring (bicyclic) bond motifs is 5. The van der Waals surface area contributed by atoms with Crippen LogP contribution in [0.15, 0.2) is 0 Å². The van der Waals surface area contributed by atoms with Crippen LogP contribution in [0.4, 0.5) is 0 Å². The summed E-state index contributed by atoms with van der Waals surface area (Å²) in [5.41, 5.74) is 1.38. The third-order valence-electron chi connectivity index (χ3n) is 10.3. The van der Waals surface area contributed by atoms with Gasteiger partial charge < -0.3 is 0 Å². The minimum absolute atomic E-state index is 0. The van der Waals surface area contributed by atoms with Gasteiger partial charge in [0, 0.05) is 0 Å². The van der Waals surface area contributed by atoms with Gasteiger partial charge in [0.05, 0.1) is 0 Å². The standard InChI is InChI=1S/C24H42.C3H8.2C2H6.CH4/c1-5-6-9-19-12-14-21-20-13-11-18-10-7-8-15-23(18,3)22(20)16-17(2)24(19,21)4;1-3-2;2*1-2;/h17-22H,5-16H2,1-4H3;3H2,1-2H3;2*1-2H3;1H4/t17-,18?,19?,20?,21?,22?,23?,24?;;;;/m0..../s1. The number of hydrogen-bond donors (Lipinski definition) is 0. The van der Waals surface area contributed by atoms with Gasteiger partial charge in [-0.2, -0.15) is 0 Å². The topological polar surface area (TPSA) is 0 Å². The second kappa shape index (κ2) is 15.1. The summed E-state index contributed by atoms with van der Waals surface area (Å²) in [6.45, 7) is 22.7. The number of rotatable bonds is 3. The molecule has 8 atom stereocenters. The molecule has 0 bridgehead atoms. The number of hydrogen-bond acceptors (Lipinski definition) is 0. The van der Waals surface area contributed by atoms with E-state index in [2.05, 4.69) is 41.5 Å². The third kappa shape index (κ3) is 6.16. The van der Waals surface area contributed by atoms with Crippen molar-refractivity contribution in [3.05, 3.63) is 0 Å². The lowest BCUT2D eigenvalue weighted by Crippen LogP contribution is -2.55. The second-order valence-electron chi connectivity index (χ2n) is 11.5. The van der Waals surface area contributed by atoms with Gasteiger partial charge in [0.1, 0.15) is 0 Å². The van der Waals surface area contributed by atoms with Crippen LogP contribution in [0.1, 0.15) is 160 Å². The molecule has 4 aliphatic carbocycles. The first-order valence-corrected chi connectivity index (χ1v) is 14.9. The Morgan fingerprint density at radius 2 is 1.41 bits per heavy atom. The van der Waals surface area contributed by atoms with Gasteiger partial charge in [0.25, 0.3) is 0 Å². The Bertz CT molecular complexity index is 467. The highest BCUT2D eigenvalue weighted by atomic mass is 14.7. The van der Waals surface area contributed by atoms with E-state index in [1.165, 1.54) is 38.5 Å². The van der Waals surface area contributed by atoms with E-state index in [1.807, 2.05) is 27.7 Å². The smallest absolute Gasteiger partial charge is 0.0241 e. The molecule has 4 fully saturated rings. The van der Waals surface area contributed by atoms with E-state index in [9.17, 15) is 0 Å². The monoisotopic (exact) mass is 451 g/mol. The lowest BCUT2D eigenvalue weighted by Gasteiger charge is -2.62. The summed E-state index contributed by atoms with van der Waals surface area (Å²) in [7, 11) is 0. The van der Waals surface area contributed by atoms with Crippen molar-refractivity contribution in [2.75, 3.05) is 0 Å². The van der Waals surface area contributed by atoms with Crippen molar-refractivity contribution in [2.24, 2.45) is 46.3 Å². The molecule has 0 nitrogen and oxygen atoms in total. The highest BCUT2D eigenvalue weighted by Gasteiger charge is 2.61. The summed E-state index contributed by atoms with van der Waals surface area (Å²) < 4.78 is 0. The van der Waals surface area contributed by atoms with Gasteiger partial charge in [-0.15, -0.1) is 0 Å². The molecule has 32 heavy (non-hydrogen) atoms. The first kappa shape index (κ1) is 32.0. The van der Waals surface area contributed by atoms with Crippen molar-refractivity contribution < 1.29 is 0 Å². The van der Waals surface area contributed by atoms with E-state index in [4.69, 9.17) is 0 Å². The molecule has 0 aromatic heterocycles. The molecule has 194 valence electrons. The molecule has 0 heterocycles. The summed E-state index contributed by atoms with van der Waals surface area (Å²) in [6.07, 6.45) is 19.6. The highest BCUT2D eigenvalue weighted by Crippen LogP contribution is 2.69. The zero-order valence-corrected chi connectivity index (χ0v) is 23.7. The molecule has 0 radical (unpaired) electrons. The number of unbranched alkanes of at least 4 members (excludes halogenated alkanes) is 1. The van der Waals surface area contributed by atoms with E-state index in [0.717, 1.165) is 35.5 Å². The maximum atomic E-state index is 2.74. The van der Waals surface area contributed by atoms with E-state index >= 15 is 0 Å². The molecule has 0 heteroatoms. The fourth-order valence-electron chi connectivity index (χ4n) is 8.69. The molecule has 0 aromatic carbocycles. The van der Waals surface area contributed by atoms with Crippen molar-refractivity contribution in [3.8, 4) is 0 Å². The van der Waals surface area contributed by atoms with Crippen molar-refractivity contribution in [1.82, 2.24) is 0 Å². The Hall–Kier alpha value is 0. The van der Waals surface area contributed by atoms with Gasteiger partial charge >= 0.3 is 0 Å². The molecule has 0 amide bonds. The summed E-state index contributed by atoms with van der Waals surface area (Å²) in [6, 6.07) is 0. The fourth-order valence-corrected chi connectivity index (χ4v) is 8.69. The average molecular weight is 451 g/mol. The molecule has 0 spiro atoms. The zero-order chi connectivity index (χ0) is 23.7. The predicted molar refractivity (Wildman–Crippen MR) is 149 cm³/mol. The zero-order valence-electron chi connectivity index (χ0n) is 23.7. The van der Waals surface area contributed by atoms with Crippen molar-refractivity contribution in [2.45, 2.75) is 160 Å². The Morgan fingerprint density at radius 1 is 0.781 bits per heavy atom. The van der Waals surface area contributed by atoms with E-state index in [0.29, 0.717) is 10.8 Å². The normalized spacial score (nSPS) is 41.4. The molecule has 4 aliphatic rings. The van der Waals surface area contributed by atoms with Crippen LogP contribution in [0, 0.1) is 46.3 Å². The van der Waals surface area contributed by atoms with Crippen LogP contribution in [0.2, 0.25) is 0 Å². The highest BCUT2D eigenvalue weighted by molar-refractivity contribution is 5.10. The predicted octanol–water partition coefficient (Wildman–Crippen LogP) is 11.6. The third-order valence-corrected chi connectivity index (χ3v) is 10.3. The van der Waals surface area contributed by atoms with Crippen LogP contribution in [-0.2, 0) is 0 Å². The Labute approximate surface area is 206 Å². The molecular formula is C32H66. The van der Waals surface area contributed by atoms with Crippen molar-refractivity contribution in [3.63, 3.8) is 0 Å². The Morgan fingerprint density at radius 3 is 2.00 bits per heavy atom. The van der Waals surface area contributed by atoms with Gasteiger partial charge in [-0.05, 0) is 97.7 Å². The van der Waals surface area contributed by atoms with Crippen LogP contribution in [0.25, 0.3) is 0 Å². The van der Waals surface area contributed by atoms with Gasteiger partial charge in [-0.3, -0.25) is 0 Å². The molecule has 7 unspecified atom stereocenters. The molecule has 0 aromatic rings. The van der Waals surface area contributed by atoms with Gasteiger partial charge in [0.2, 0.25) is 0 Å². The quantitative estimate of drug-likeness (QED) is 0.401. The fraction of sp³-hybridized carbons (Fsp3) is 1.00. The van der Waals surface area contributed by atoms with Crippen molar-refractivity contribution in [1.29, 1.82) is 0 Å². The van der Waals surface area contributed by atoms with Crippen LogP contribution >= 0.6 is 0 Å². The minimum Gasteiger partial charge on any atom is -0.0776 e. The van der Waals surface area contributed by atoms with Crippen LogP contribution in [0.3, 0.4) is 0 Å². The SMILES string of the molecule is C.CC.CC.CCC.CCCCC1CCC2C3CCC4CCCCC4(C)C3C[C@H](C)C12C. The molecule has 0 N–H and O–H groups in total. The summed E-state index contributed by atoms with van der Waals surface area (Å²) in [4.78, 5) is 0. The van der Waals surface area contributed by atoms with Crippen LogP contribution < -0.4 is 0 Å². The molecule has 4 saturated carbocycles. The molecule has 4 rings (SSSR count). The lowest BCUT2D eigenvalue weighted by molar-refractivity contribution is -0.134. The maximum Gasteiger partial charge on any atom is -0.0241 e. The lowest BCUT2D eigenvalue weighted by atomic mass is 9.43. The average Bonchev–Trinajstić information content (AvgIpc) is 3.14. The molecule has 0 aliphatic heterocycles. The summed E-state index contributed by atoms with van der Waals surface area (Å²) >= 11 is 0. The first-order valence-electron chi connectivity index (χ1n) is 14.9. The van der Waals surface area contributed by atoms with Crippen LogP contribution in [-0.4, -0.2) is 0 Å². The van der Waals surface area contributed by atoms with E-state index < -0.39 is 0 Å². The summed E-state index contributed by atoms with van der Waals surface area (Å²) in [5, 5.41) is 0. The summed E-state index contributed by atoms with van der Waals surface area (Å²) in [5.74, 6) is 6.28. The molecule has 0 saturated heterocycles. The largest absolute Gasteiger partial charge is 0.0776 e. The van der Waals surface area contributed by atoms with Gasteiger partial charge in [0.15, 0.2) is 0 Å². The van der Waals surface area contributed by atoms with Gasteiger partial charge in [-0.25, -0.2) is 0 Å². The second-order valence-corrected chi connectivity index (χ2v) is 11.5. The first-order chi connectivity index (χ1) is 14.9. The van der Waals surface area contributed by atoms with Crippen molar-refractivity contribution >= 4 is 0 Å². The van der Waals surface area contributed by atoms with Gasteiger partial charge in [-0.1, -0.05) is 109 Å². The maximum absolute atomic E-state index is 2.74. The Balaban J connectivity index is 0.00000109. The van der Waals surface area contributed by atoms with E-state index in [-0.39, 0.29) is 7.43 Å². The van der Waals surface area contributed by atoms with E-state index in [1.54, 1.807) is 44.9 Å². The van der Waals surface area contributed by atoms with Crippen LogP contribution in [0.5, 0.6) is 0 Å².